The van der Waals surface area contributed by atoms with Crippen molar-refractivity contribution in [3.63, 3.8) is 0 Å². The quantitative estimate of drug-likeness (QED) is 0.808. The first-order valence-corrected chi connectivity index (χ1v) is 8.12. The molecule has 0 radical (unpaired) electrons. The highest BCUT2D eigenvalue weighted by Crippen LogP contribution is 2.30. The number of rotatable bonds is 6. The lowest BCUT2D eigenvalue weighted by Crippen LogP contribution is -2.33. The van der Waals surface area contributed by atoms with Crippen LogP contribution >= 0.6 is 0 Å². The molecule has 26 heavy (non-hydrogen) atoms. The number of aliphatic hydroxyl groups excluding tert-OH is 1. The molecule has 0 saturated heterocycles. The molecule has 1 aliphatic heterocycles. The predicted molar refractivity (Wildman–Crippen MR) is 96.0 cm³/mol. The van der Waals surface area contributed by atoms with E-state index in [2.05, 4.69) is 0 Å². The Morgan fingerprint density at radius 1 is 0.923 bits per heavy atom. The number of hydrogen-bond acceptors (Lipinski definition) is 5. The fourth-order valence-corrected chi connectivity index (χ4v) is 2.91. The Labute approximate surface area is 151 Å². The van der Waals surface area contributed by atoms with Gasteiger partial charge in [0.05, 0.1) is 19.8 Å². The van der Waals surface area contributed by atoms with Crippen LogP contribution in [0.25, 0.3) is 5.57 Å². The molecule has 6 heteroatoms. The summed E-state index contributed by atoms with van der Waals surface area (Å²) in [6.45, 7) is 0.160. The predicted octanol–water partition coefficient (Wildman–Crippen LogP) is 2.58. The molecule has 2 aromatic carbocycles. The Morgan fingerprint density at radius 3 is 2.27 bits per heavy atom. The van der Waals surface area contributed by atoms with E-state index in [9.17, 15) is 14.7 Å². The number of amides is 2. The number of carbonyl (C=O) groups is 2. The second-order valence-corrected chi connectivity index (χ2v) is 5.79. The second-order valence-electron chi connectivity index (χ2n) is 5.79. The number of hydrogen-bond donors (Lipinski definition) is 1. The summed E-state index contributed by atoms with van der Waals surface area (Å²) in [4.78, 5) is 26.0. The van der Waals surface area contributed by atoms with Crippen molar-refractivity contribution in [2.24, 2.45) is 0 Å². The highest BCUT2D eigenvalue weighted by atomic mass is 16.5. The van der Waals surface area contributed by atoms with E-state index in [1.54, 1.807) is 56.7 Å². The molecule has 0 atom stereocenters. The smallest absolute Gasteiger partial charge is 0.296 e. The van der Waals surface area contributed by atoms with E-state index in [1.165, 1.54) is 0 Å². The summed E-state index contributed by atoms with van der Waals surface area (Å²) in [7, 11) is 3.10. The fourth-order valence-electron chi connectivity index (χ4n) is 2.91. The maximum atomic E-state index is 12.6. The molecular weight excluding hydrogens is 334 g/mol. The first kappa shape index (κ1) is 17.5. The highest BCUT2D eigenvalue weighted by molar-refractivity contribution is 6.34. The molecule has 2 aromatic rings. The van der Waals surface area contributed by atoms with E-state index < -0.39 is 17.6 Å². The molecule has 134 valence electrons. The van der Waals surface area contributed by atoms with Gasteiger partial charge in [0, 0.05) is 6.54 Å². The van der Waals surface area contributed by atoms with Gasteiger partial charge in [-0.15, -0.1) is 0 Å². The Hall–Kier alpha value is -3.28. The maximum Gasteiger partial charge on any atom is 0.296 e. The topological polar surface area (TPSA) is 76.1 Å². The lowest BCUT2D eigenvalue weighted by Gasteiger charge is -2.15. The third kappa shape index (κ3) is 3.13. The zero-order chi connectivity index (χ0) is 18.7. The number of ether oxygens (including phenoxy) is 2. The molecule has 1 aliphatic rings. The number of imide groups is 1. The van der Waals surface area contributed by atoms with Crippen molar-refractivity contribution >= 4 is 17.4 Å². The summed E-state index contributed by atoms with van der Waals surface area (Å²) >= 11 is 0. The van der Waals surface area contributed by atoms with Crippen molar-refractivity contribution < 1.29 is 24.2 Å². The highest BCUT2D eigenvalue weighted by Gasteiger charge is 2.38. The molecule has 0 fully saturated rings. The van der Waals surface area contributed by atoms with Gasteiger partial charge in [0.15, 0.2) is 17.3 Å². The van der Waals surface area contributed by atoms with Crippen LogP contribution in [0.5, 0.6) is 11.5 Å². The van der Waals surface area contributed by atoms with E-state index in [4.69, 9.17) is 9.47 Å². The number of benzene rings is 2. The minimum absolute atomic E-state index is 0.0444. The summed E-state index contributed by atoms with van der Waals surface area (Å²) in [6.07, 6.45) is 0.438. The van der Waals surface area contributed by atoms with Crippen LogP contribution in [-0.4, -0.2) is 42.6 Å². The molecule has 0 unspecified atom stereocenters. The fraction of sp³-hybridized carbons (Fsp3) is 0.200. The first-order valence-electron chi connectivity index (χ1n) is 8.12. The lowest BCUT2D eigenvalue weighted by molar-refractivity contribution is -0.138. The average molecular weight is 353 g/mol. The van der Waals surface area contributed by atoms with Crippen molar-refractivity contribution in [1.29, 1.82) is 0 Å². The van der Waals surface area contributed by atoms with Crippen LogP contribution in [0.2, 0.25) is 0 Å². The van der Waals surface area contributed by atoms with Crippen LogP contribution in [0.1, 0.15) is 11.1 Å². The van der Waals surface area contributed by atoms with Gasteiger partial charge in [0.25, 0.3) is 11.8 Å². The molecule has 1 heterocycles. The summed E-state index contributed by atoms with van der Waals surface area (Å²) < 4.78 is 10.5. The molecule has 0 aliphatic carbocycles. The third-order valence-electron chi connectivity index (χ3n) is 4.28. The van der Waals surface area contributed by atoms with Crippen LogP contribution in [0.15, 0.2) is 54.3 Å². The summed E-state index contributed by atoms with van der Waals surface area (Å²) in [6, 6.07) is 14.1. The van der Waals surface area contributed by atoms with Gasteiger partial charge >= 0.3 is 0 Å². The van der Waals surface area contributed by atoms with Crippen LogP contribution in [-0.2, 0) is 16.0 Å². The Morgan fingerprint density at radius 2 is 1.62 bits per heavy atom. The van der Waals surface area contributed by atoms with E-state index >= 15 is 0 Å². The van der Waals surface area contributed by atoms with Crippen LogP contribution in [0, 0.1) is 0 Å². The standard InChI is InChI=1S/C20H19NO5/c1-25-15-9-8-13(12-16(15)26-2)10-11-21-19(23)17(18(22)20(21)24)14-6-4-3-5-7-14/h3-9,12,22H,10-11H2,1-2H3. The number of methoxy groups -OCH3 is 2. The third-order valence-corrected chi connectivity index (χ3v) is 4.28. The SMILES string of the molecule is COc1ccc(CCN2C(=O)C(O)=C(c3ccccc3)C2=O)cc1OC. The number of nitrogens with zero attached hydrogens (tertiary/aromatic N) is 1. The van der Waals surface area contributed by atoms with Crippen molar-refractivity contribution in [3.8, 4) is 11.5 Å². The normalized spacial score (nSPS) is 14.2. The second kappa shape index (κ2) is 7.31. The molecule has 0 saturated carbocycles. The average Bonchev–Trinajstić information content (AvgIpc) is 2.89. The van der Waals surface area contributed by atoms with Gasteiger partial charge in [-0.25, -0.2) is 0 Å². The van der Waals surface area contributed by atoms with E-state index in [0.717, 1.165) is 10.5 Å². The Kier molecular flexibility index (Phi) is 4.93. The van der Waals surface area contributed by atoms with Gasteiger partial charge < -0.3 is 14.6 Å². The van der Waals surface area contributed by atoms with Gasteiger partial charge in [-0.2, -0.15) is 0 Å². The molecule has 6 nitrogen and oxygen atoms in total. The summed E-state index contributed by atoms with van der Waals surface area (Å²) in [5, 5.41) is 10.1. The zero-order valence-corrected chi connectivity index (χ0v) is 14.6. The first-order chi connectivity index (χ1) is 12.6. The van der Waals surface area contributed by atoms with Crippen LogP contribution in [0.4, 0.5) is 0 Å². The van der Waals surface area contributed by atoms with Gasteiger partial charge in [-0.3, -0.25) is 14.5 Å². The van der Waals surface area contributed by atoms with Crippen molar-refractivity contribution in [2.75, 3.05) is 20.8 Å². The Balaban J connectivity index is 1.76. The van der Waals surface area contributed by atoms with Crippen molar-refractivity contribution in [3.05, 3.63) is 65.4 Å². The maximum absolute atomic E-state index is 12.6. The number of aliphatic hydroxyl groups is 1. The summed E-state index contributed by atoms with van der Waals surface area (Å²) in [5.41, 5.74) is 1.45. The molecule has 0 spiro atoms. The van der Waals surface area contributed by atoms with E-state index in [0.29, 0.717) is 23.5 Å². The van der Waals surface area contributed by atoms with E-state index in [-0.39, 0.29) is 12.1 Å². The van der Waals surface area contributed by atoms with Crippen molar-refractivity contribution in [1.82, 2.24) is 4.90 Å². The monoisotopic (exact) mass is 353 g/mol. The van der Waals surface area contributed by atoms with Crippen molar-refractivity contribution in [2.45, 2.75) is 6.42 Å². The van der Waals surface area contributed by atoms with Gasteiger partial charge in [0.2, 0.25) is 0 Å². The number of carbonyl (C=O) groups excluding carboxylic acids is 2. The lowest BCUT2D eigenvalue weighted by atomic mass is 10.1. The van der Waals surface area contributed by atoms with Crippen LogP contribution < -0.4 is 9.47 Å². The molecule has 0 bridgehead atoms. The molecular formula is C20H19NO5. The van der Waals surface area contributed by atoms with E-state index in [1.807, 2.05) is 6.07 Å². The Bertz CT molecular complexity index is 873. The minimum Gasteiger partial charge on any atom is -0.502 e. The molecule has 2 amide bonds. The zero-order valence-electron chi connectivity index (χ0n) is 14.6. The minimum atomic E-state index is -0.672. The summed E-state index contributed by atoms with van der Waals surface area (Å²) in [5.74, 6) is -0.479. The molecule has 1 N–H and O–H groups in total. The van der Waals surface area contributed by atoms with Crippen LogP contribution in [0.3, 0.4) is 0 Å². The molecule has 3 rings (SSSR count). The van der Waals surface area contributed by atoms with Gasteiger partial charge in [0.1, 0.15) is 0 Å². The molecule has 0 aromatic heterocycles. The van der Waals surface area contributed by atoms with Gasteiger partial charge in [-0.05, 0) is 29.7 Å². The van der Waals surface area contributed by atoms with Gasteiger partial charge in [-0.1, -0.05) is 36.4 Å². The largest absolute Gasteiger partial charge is 0.502 e.